The van der Waals surface area contributed by atoms with E-state index >= 15 is 0 Å². The lowest BCUT2D eigenvalue weighted by molar-refractivity contribution is -0.125. The van der Waals surface area contributed by atoms with Gasteiger partial charge >= 0.3 is 0 Å². The summed E-state index contributed by atoms with van der Waals surface area (Å²) in [5, 5.41) is 0. The zero-order valence-electron chi connectivity index (χ0n) is 9.41. The van der Waals surface area contributed by atoms with Gasteiger partial charge in [-0.15, -0.1) is 0 Å². The van der Waals surface area contributed by atoms with Gasteiger partial charge in [0.25, 0.3) is 0 Å². The number of carbonyl (C=O) groups excluding carboxylic acids is 1. The lowest BCUT2D eigenvalue weighted by Gasteiger charge is -2.38. The summed E-state index contributed by atoms with van der Waals surface area (Å²) in [6, 6.07) is 0. The average molecular weight is 210 g/mol. The third-order valence-corrected chi connectivity index (χ3v) is 3.58. The van der Waals surface area contributed by atoms with Gasteiger partial charge in [-0.05, 0) is 26.2 Å². The summed E-state index contributed by atoms with van der Waals surface area (Å²) in [5.41, 5.74) is 1.85. The van der Waals surface area contributed by atoms with Crippen LogP contribution in [0, 0.1) is 5.41 Å². The Morgan fingerprint density at radius 3 is 2.67 bits per heavy atom. The molecule has 1 heterocycles. The average Bonchev–Trinajstić information content (AvgIpc) is 2.71. The van der Waals surface area contributed by atoms with Crippen molar-refractivity contribution < 1.29 is 14.3 Å². The molecule has 84 valence electrons. The summed E-state index contributed by atoms with van der Waals surface area (Å²) in [6.07, 6.45) is 3.87. The Morgan fingerprint density at radius 1 is 1.40 bits per heavy atom. The predicted molar refractivity (Wildman–Crippen MR) is 56.4 cm³/mol. The normalized spacial score (nSPS) is 33.5. The summed E-state index contributed by atoms with van der Waals surface area (Å²) < 4.78 is 11.1. The molecule has 1 saturated heterocycles. The molecule has 0 aromatic heterocycles. The number of ether oxygens (including phenoxy) is 2. The highest BCUT2D eigenvalue weighted by Crippen LogP contribution is 2.44. The molecule has 0 saturated carbocycles. The molecule has 1 aliphatic carbocycles. The predicted octanol–water partition coefficient (Wildman–Crippen LogP) is 2.06. The minimum Gasteiger partial charge on any atom is -0.349 e. The number of hydrogen-bond acceptors (Lipinski definition) is 3. The van der Waals surface area contributed by atoms with Crippen molar-refractivity contribution in [2.45, 2.75) is 39.4 Å². The Hall–Kier alpha value is -0.670. The lowest BCUT2D eigenvalue weighted by atomic mass is 9.71. The Morgan fingerprint density at radius 2 is 2.07 bits per heavy atom. The second-order valence-corrected chi connectivity index (χ2v) is 4.66. The Labute approximate surface area is 90.4 Å². The summed E-state index contributed by atoms with van der Waals surface area (Å²) >= 11 is 0. The van der Waals surface area contributed by atoms with Crippen LogP contribution in [0.5, 0.6) is 0 Å². The molecule has 1 aliphatic heterocycles. The molecule has 0 spiro atoms. The molecule has 3 heteroatoms. The molecule has 2 rings (SSSR count). The fourth-order valence-corrected chi connectivity index (χ4v) is 2.68. The first-order valence-corrected chi connectivity index (χ1v) is 5.57. The van der Waals surface area contributed by atoms with Crippen LogP contribution in [0.25, 0.3) is 0 Å². The number of carbonyl (C=O) groups is 1. The first-order chi connectivity index (χ1) is 7.18. The van der Waals surface area contributed by atoms with Crippen molar-refractivity contribution in [1.29, 1.82) is 0 Å². The van der Waals surface area contributed by atoms with Crippen molar-refractivity contribution in [2.24, 2.45) is 5.41 Å². The molecule has 0 aromatic rings. The van der Waals surface area contributed by atoms with E-state index in [0.717, 1.165) is 31.1 Å². The van der Waals surface area contributed by atoms with E-state index in [2.05, 4.69) is 6.92 Å². The minimum atomic E-state index is -0.236. The lowest BCUT2D eigenvalue weighted by Crippen LogP contribution is -2.38. The molecule has 1 unspecified atom stereocenters. The van der Waals surface area contributed by atoms with E-state index in [4.69, 9.17) is 9.47 Å². The van der Waals surface area contributed by atoms with Crippen LogP contribution in [-0.4, -0.2) is 25.8 Å². The Balaban J connectivity index is 2.31. The minimum absolute atomic E-state index is 0.229. The Kier molecular flexibility index (Phi) is 2.94. The smallest absolute Gasteiger partial charge is 0.167 e. The van der Waals surface area contributed by atoms with Gasteiger partial charge in [0.2, 0.25) is 0 Å². The summed E-state index contributed by atoms with van der Waals surface area (Å²) in [6.45, 7) is 5.41. The maximum Gasteiger partial charge on any atom is 0.167 e. The van der Waals surface area contributed by atoms with E-state index in [1.165, 1.54) is 5.57 Å². The molecule has 0 bridgehead atoms. The first-order valence-electron chi connectivity index (χ1n) is 5.57. The molecule has 0 amide bonds. The monoisotopic (exact) mass is 210 g/mol. The van der Waals surface area contributed by atoms with Crippen LogP contribution in [0.15, 0.2) is 11.1 Å². The van der Waals surface area contributed by atoms with Gasteiger partial charge in [0.15, 0.2) is 6.29 Å². The van der Waals surface area contributed by atoms with Gasteiger partial charge in [0.05, 0.1) is 13.2 Å². The number of hydrogen-bond donors (Lipinski definition) is 0. The highest BCUT2D eigenvalue weighted by molar-refractivity contribution is 5.77. The zero-order chi connectivity index (χ0) is 10.9. The second kappa shape index (κ2) is 4.06. The SMILES string of the molecule is CC1=C(C=O)C(C)(C2OCCO2)CCC1. The van der Waals surface area contributed by atoms with Gasteiger partial charge in [-0.1, -0.05) is 12.5 Å². The summed E-state index contributed by atoms with van der Waals surface area (Å²) in [4.78, 5) is 11.2. The second-order valence-electron chi connectivity index (χ2n) is 4.66. The van der Waals surface area contributed by atoms with Gasteiger partial charge in [0.1, 0.15) is 6.29 Å². The molecule has 0 aromatic carbocycles. The van der Waals surface area contributed by atoms with Crippen molar-refractivity contribution in [1.82, 2.24) is 0 Å². The van der Waals surface area contributed by atoms with Crippen LogP contribution in [0.4, 0.5) is 0 Å². The van der Waals surface area contributed by atoms with Crippen LogP contribution in [0.1, 0.15) is 33.1 Å². The fraction of sp³-hybridized carbons (Fsp3) is 0.750. The van der Waals surface area contributed by atoms with E-state index in [1.54, 1.807) is 0 Å². The van der Waals surface area contributed by atoms with E-state index in [0.29, 0.717) is 13.2 Å². The van der Waals surface area contributed by atoms with Crippen LogP contribution < -0.4 is 0 Å². The molecular formula is C12H18O3. The number of aldehydes is 1. The standard InChI is InChI=1S/C12H18O3/c1-9-4-3-5-12(2,10(9)8-13)11-14-6-7-15-11/h8,11H,3-7H2,1-2H3. The van der Waals surface area contributed by atoms with Crippen LogP contribution >= 0.6 is 0 Å². The van der Waals surface area contributed by atoms with Gasteiger partial charge in [0, 0.05) is 11.0 Å². The van der Waals surface area contributed by atoms with Crippen LogP contribution in [0.2, 0.25) is 0 Å². The quantitative estimate of drug-likeness (QED) is 0.654. The summed E-state index contributed by atoms with van der Waals surface area (Å²) in [7, 11) is 0. The van der Waals surface area contributed by atoms with E-state index in [9.17, 15) is 4.79 Å². The van der Waals surface area contributed by atoms with Crippen LogP contribution in [0.3, 0.4) is 0 Å². The van der Waals surface area contributed by atoms with Crippen LogP contribution in [-0.2, 0) is 14.3 Å². The highest BCUT2D eigenvalue weighted by atomic mass is 16.7. The van der Waals surface area contributed by atoms with Gasteiger partial charge < -0.3 is 9.47 Å². The van der Waals surface area contributed by atoms with Crippen molar-refractivity contribution in [3.63, 3.8) is 0 Å². The van der Waals surface area contributed by atoms with E-state index in [1.807, 2.05) is 6.92 Å². The Bertz CT molecular complexity index is 289. The van der Waals surface area contributed by atoms with Crippen molar-refractivity contribution in [2.75, 3.05) is 13.2 Å². The fourth-order valence-electron chi connectivity index (χ4n) is 2.68. The van der Waals surface area contributed by atoms with Crippen molar-refractivity contribution in [3.05, 3.63) is 11.1 Å². The molecule has 0 radical (unpaired) electrons. The highest BCUT2D eigenvalue weighted by Gasteiger charge is 2.43. The molecular weight excluding hydrogens is 192 g/mol. The van der Waals surface area contributed by atoms with Gasteiger partial charge in [-0.25, -0.2) is 0 Å². The third-order valence-electron chi connectivity index (χ3n) is 3.58. The first kappa shape index (κ1) is 10.8. The van der Waals surface area contributed by atoms with E-state index in [-0.39, 0.29) is 11.7 Å². The maximum absolute atomic E-state index is 11.2. The van der Waals surface area contributed by atoms with E-state index < -0.39 is 0 Å². The summed E-state index contributed by atoms with van der Waals surface area (Å²) in [5.74, 6) is 0. The molecule has 1 fully saturated rings. The van der Waals surface area contributed by atoms with Gasteiger partial charge in [-0.3, -0.25) is 4.79 Å². The zero-order valence-corrected chi connectivity index (χ0v) is 9.41. The number of allylic oxidation sites excluding steroid dienone is 1. The molecule has 2 aliphatic rings. The third kappa shape index (κ3) is 1.74. The number of rotatable bonds is 2. The van der Waals surface area contributed by atoms with Crippen molar-refractivity contribution in [3.8, 4) is 0 Å². The topological polar surface area (TPSA) is 35.5 Å². The molecule has 15 heavy (non-hydrogen) atoms. The van der Waals surface area contributed by atoms with Gasteiger partial charge in [-0.2, -0.15) is 0 Å². The maximum atomic E-state index is 11.2. The molecule has 3 nitrogen and oxygen atoms in total. The molecule has 1 atom stereocenters. The van der Waals surface area contributed by atoms with Crippen molar-refractivity contribution >= 4 is 6.29 Å². The molecule has 0 N–H and O–H groups in total. The largest absolute Gasteiger partial charge is 0.349 e.